The molecular weight excluding hydrogens is 394 g/mol. The highest BCUT2D eigenvalue weighted by molar-refractivity contribution is 5.95. The second kappa shape index (κ2) is 9.06. The van der Waals surface area contributed by atoms with Crippen LogP contribution in [0.5, 0.6) is 11.5 Å². The first-order chi connectivity index (χ1) is 15.1. The Morgan fingerprint density at radius 2 is 1.65 bits per heavy atom. The SMILES string of the molecule is COC(=O)c1cccc(C#Cc2cccc(NC(=O)[C@@H]3COc4ccccc4O3)c2)c1. The van der Waals surface area contributed by atoms with E-state index in [-0.39, 0.29) is 12.5 Å². The number of benzene rings is 3. The maximum absolute atomic E-state index is 12.6. The minimum atomic E-state index is -0.745. The van der Waals surface area contributed by atoms with Crippen molar-refractivity contribution in [3.8, 4) is 23.3 Å². The topological polar surface area (TPSA) is 73.9 Å². The molecule has 1 aliphatic rings. The maximum Gasteiger partial charge on any atom is 0.337 e. The number of hydrogen-bond donors (Lipinski definition) is 1. The van der Waals surface area contributed by atoms with Crippen LogP contribution in [-0.2, 0) is 9.53 Å². The van der Waals surface area contributed by atoms with Crippen LogP contribution >= 0.6 is 0 Å². The van der Waals surface area contributed by atoms with Gasteiger partial charge in [-0.25, -0.2) is 4.79 Å². The average molecular weight is 413 g/mol. The van der Waals surface area contributed by atoms with E-state index in [9.17, 15) is 9.59 Å². The van der Waals surface area contributed by atoms with E-state index in [0.717, 1.165) is 0 Å². The minimum absolute atomic E-state index is 0.138. The van der Waals surface area contributed by atoms with E-state index in [1.54, 1.807) is 48.5 Å². The normalized spacial score (nSPS) is 14.0. The average Bonchev–Trinajstić information content (AvgIpc) is 2.82. The fraction of sp³-hybridized carbons (Fsp3) is 0.120. The third-order valence-electron chi connectivity index (χ3n) is 4.57. The van der Waals surface area contributed by atoms with Crippen molar-refractivity contribution in [1.29, 1.82) is 0 Å². The summed E-state index contributed by atoms with van der Waals surface area (Å²) in [6, 6.07) is 21.3. The molecule has 1 heterocycles. The molecule has 6 heteroatoms. The smallest absolute Gasteiger partial charge is 0.337 e. The van der Waals surface area contributed by atoms with Crippen molar-refractivity contribution in [2.45, 2.75) is 6.10 Å². The van der Waals surface area contributed by atoms with E-state index in [2.05, 4.69) is 17.2 Å². The summed E-state index contributed by atoms with van der Waals surface area (Å²) in [5, 5.41) is 2.84. The van der Waals surface area contributed by atoms with Crippen molar-refractivity contribution in [3.05, 3.63) is 89.5 Å². The standard InChI is InChI=1S/C25H19NO5/c1-29-25(28)19-8-4-6-17(14-19)12-13-18-7-5-9-20(15-18)26-24(27)23-16-30-21-10-2-3-11-22(21)31-23/h2-11,14-15,23H,16H2,1H3,(H,26,27)/t23-/m0/s1. The van der Waals surface area contributed by atoms with Crippen LogP contribution in [0.3, 0.4) is 0 Å². The van der Waals surface area contributed by atoms with Gasteiger partial charge in [0.2, 0.25) is 6.10 Å². The molecule has 6 nitrogen and oxygen atoms in total. The molecule has 0 radical (unpaired) electrons. The molecule has 3 aromatic carbocycles. The summed E-state index contributed by atoms with van der Waals surface area (Å²) in [6.07, 6.45) is -0.745. The van der Waals surface area contributed by atoms with Gasteiger partial charge in [-0.3, -0.25) is 4.79 Å². The van der Waals surface area contributed by atoms with Crippen LogP contribution in [0, 0.1) is 11.8 Å². The second-order valence-electron chi connectivity index (χ2n) is 6.76. The molecule has 0 bridgehead atoms. The highest BCUT2D eigenvalue weighted by Gasteiger charge is 2.27. The van der Waals surface area contributed by atoms with Crippen molar-refractivity contribution < 1.29 is 23.8 Å². The highest BCUT2D eigenvalue weighted by atomic mass is 16.6. The molecule has 0 saturated carbocycles. The van der Waals surface area contributed by atoms with Crippen molar-refractivity contribution in [1.82, 2.24) is 0 Å². The predicted molar refractivity (Wildman–Crippen MR) is 115 cm³/mol. The molecule has 31 heavy (non-hydrogen) atoms. The summed E-state index contributed by atoms with van der Waals surface area (Å²) in [6.45, 7) is 0.138. The van der Waals surface area contributed by atoms with Gasteiger partial charge in [0.05, 0.1) is 12.7 Å². The van der Waals surface area contributed by atoms with Crippen LogP contribution in [0.25, 0.3) is 0 Å². The monoisotopic (exact) mass is 413 g/mol. The van der Waals surface area contributed by atoms with Crippen LogP contribution in [0.2, 0.25) is 0 Å². The third-order valence-corrected chi connectivity index (χ3v) is 4.57. The second-order valence-corrected chi connectivity index (χ2v) is 6.76. The largest absolute Gasteiger partial charge is 0.485 e. The number of hydrogen-bond acceptors (Lipinski definition) is 5. The number of anilines is 1. The lowest BCUT2D eigenvalue weighted by molar-refractivity contribution is -0.125. The Morgan fingerprint density at radius 3 is 2.42 bits per heavy atom. The van der Waals surface area contributed by atoms with Crippen LogP contribution in [0.15, 0.2) is 72.8 Å². The molecule has 0 spiro atoms. The summed E-state index contributed by atoms with van der Waals surface area (Å²) >= 11 is 0. The molecule has 1 aliphatic heterocycles. The minimum Gasteiger partial charge on any atom is -0.485 e. The molecule has 1 N–H and O–H groups in total. The molecular formula is C25H19NO5. The first-order valence-corrected chi connectivity index (χ1v) is 9.62. The Hall–Kier alpha value is -4.24. The maximum atomic E-state index is 12.6. The Balaban J connectivity index is 1.44. The number of nitrogens with one attached hydrogen (secondary N) is 1. The Bertz CT molecular complexity index is 1190. The molecule has 4 rings (SSSR count). The fourth-order valence-corrected chi connectivity index (χ4v) is 3.03. The van der Waals surface area contributed by atoms with E-state index in [0.29, 0.717) is 33.9 Å². The van der Waals surface area contributed by atoms with Gasteiger partial charge in [0.1, 0.15) is 6.61 Å². The molecule has 154 valence electrons. The van der Waals surface area contributed by atoms with E-state index in [1.807, 2.05) is 24.3 Å². The van der Waals surface area contributed by atoms with Crippen molar-refractivity contribution >= 4 is 17.6 Å². The van der Waals surface area contributed by atoms with Gasteiger partial charge in [-0.15, -0.1) is 0 Å². The van der Waals surface area contributed by atoms with Crippen molar-refractivity contribution in [3.63, 3.8) is 0 Å². The zero-order valence-electron chi connectivity index (χ0n) is 16.8. The first kappa shape index (κ1) is 20.0. The quantitative estimate of drug-likeness (QED) is 0.524. The molecule has 0 aliphatic carbocycles. The zero-order chi connectivity index (χ0) is 21.6. The van der Waals surface area contributed by atoms with Gasteiger partial charge < -0.3 is 19.5 Å². The summed E-state index contributed by atoms with van der Waals surface area (Å²) in [5.74, 6) is 6.52. The number of carbonyl (C=O) groups is 2. The van der Waals surface area contributed by atoms with E-state index >= 15 is 0 Å². The van der Waals surface area contributed by atoms with Crippen LogP contribution < -0.4 is 14.8 Å². The summed E-state index contributed by atoms with van der Waals surface area (Å²) in [5.41, 5.74) is 2.44. The van der Waals surface area contributed by atoms with Crippen molar-refractivity contribution in [2.24, 2.45) is 0 Å². The molecule has 1 amide bonds. The fourth-order valence-electron chi connectivity index (χ4n) is 3.03. The number of methoxy groups -OCH3 is 1. The van der Waals surface area contributed by atoms with Gasteiger partial charge in [-0.2, -0.15) is 0 Å². The summed E-state index contributed by atoms with van der Waals surface area (Å²) < 4.78 is 16.1. The molecule has 0 saturated heterocycles. The molecule has 0 unspecified atom stereocenters. The van der Waals surface area contributed by atoms with Crippen LogP contribution in [0.4, 0.5) is 5.69 Å². The van der Waals surface area contributed by atoms with E-state index in [1.165, 1.54) is 7.11 Å². The van der Waals surface area contributed by atoms with Gasteiger partial charge >= 0.3 is 5.97 Å². The van der Waals surface area contributed by atoms with Gasteiger partial charge in [0.15, 0.2) is 11.5 Å². The van der Waals surface area contributed by atoms with Gasteiger partial charge in [0.25, 0.3) is 5.91 Å². The number of amides is 1. The Labute approximate surface area is 179 Å². The lowest BCUT2D eigenvalue weighted by Gasteiger charge is -2.25. The molecule has 1 atom stereocenters. The molecule has 0 aromatic heterocycles. The lowest BCUT2D eigenvalue weighted by atomic mass is 10.1. The van der Waals surface area contributed by atoms with E-state index < -0.39 is 12.1 Å². The number of rotatable bonds is 3. The number of ether oxygens (including phenoxy) is 3. The summed E-state index contributed by atoms with van der Waals surface area (Å²) in [7, 11) is 1.34. The predicted octanol–water partition coefficient (Wildman–Crippen LogP) is 3.65. The molecule has 0 fully saturated rings. The number of para-hydroxylation sites is 2. The van der Waals surface area contributed by atoms with Crippen molar-refractivity contribution in [2.75, 3.05) is 19.0 Å². The zero-order valence-corrected chi connectivity index (χ0v) is 16.8. The highest BCUT2D eigenvalue weighted by Crippen LogP contribution is 2.31. The summed E-state index contributed by atoms with van der Waals surface area (Å²) in [4.78, 5) is 24.3. The number of carbonyl (C=O) groups excluding carboxylic acids is 2. The van der Waals surface area contributed by atoms with Gasteiger partial charge in [-0.05, 0) is 48.5 Å². The third kappa shape index (κ3) is 4.85. The Morgan fingerprint density at radius 1 is 0.935 bits per heavy atom. The van der Waals surface area contributed by atoms with Crippen LogP contribution in [-0.4, -0.2) is 31.7 Å². The number of esters is 1. The Kier molecular flexibility index (Phi) is 5.86. The number of fused-ring (bicyclic) bond motifs is 1. The van der Waals surface area contributed by atoms with Gasteiger partial charge in [-0.1, -0.05) is 36.1 Å². The lowest BCUT2D eigenvalue weighted by Crippen LogP contribution is -2.40. The van der Waals surface area contributed by atoms with E-state index in [4.69, 9.17) is 14.2 Å². The molecule has 3 aromatic rings. The first-order valence-electron chi connectivity index (χ1n) is 9.62. The van der Waals surface area contributed by atoms with Crippen LogP contribution in [0.1, 0.15) is 21.5 Å². The van der Waals surface area contributed by atoms with Gasteiger partial charge in [0, 0.05) is 16.8 Å².